The van der Waals surface area contributed by atoms with E-state index in [9.17, 15) is 0 Å². The average molecular weight is 798 g/mol. The third-order valence-electron chi connectivity index (χ3n) is 12.7. The molecule has 0 spiro atoms. The van der Waals surface area contributed by atoms with Crippen molar-refractivity contribution in [1.29, 1.82) is 0 Å². The number of fused-ring (bicyclic) bond motifs is 8. The van der Waals surface area contributed by atoms with Crippen LogP contribution in [0.15, 0.2) is 176 Å². The Bertz CT molecular complexity index is 3480. The predicted octanol–water partition coefficient (Wildman–Crippen LogP) is 15.5. The van der Waals surface area contributed by atoms with Gasteiger partial charge in [-0.1, -0.05) is 159 Å². The molecule has 12 rings (SSSR count). The lowest BCUT2D eigenvalue weighted by Crippen LogP contribution is -2.15. The largest absolute Gasteiger partial charge is 0.208 e. The standard InChI is InChI=1S/C57H39N3S/c1-57(2)50-19-11-9-17-45(50)46-27-25-41(34-51(46)57)55-58-54(59-56(60-55)48-29-28-42(35-13-5-3-6-14-35)43-15-7-4-8-16-44(43)48)40-24-23-36-31-37(21-22-38(36)32-40)39-26-30-53-49(33-39)47-18-10-12-20-52(47)61-53/h3,5-34H,4H2,1-2H3. The fourth-order valence-electron chi connectivity index (χ4n) is 9.58. The van der Waals surface area contributed by atoms with Crippen molar-refractivity contribution in [1.82, 2.24) is 15.0 Å². The summed E-state index contributed by atoms with van der Waals surface area (Å²) < 4.78 is 2.64. The molecule has 0 radical (unpaired) electrons. The molecular formula is C57H39N3S. The second kappa shape index (κ2) is 13.9. The van der Waals surface area contributed by atoms with Crippen molar-refractivity contribution in [3.8, 4) is 67.5 Å². The molecule has 0 bridgehead atoms. The molecule has 0 unspecified atom stereocenters. The van der Waals surface area contributed by atoms with Gasteiger partial charge in [0, 0.05) is 42.3 Å². The molecule has 3 nitrogen and oxygen atoms in total. The van der Waals surface area contributed by atoms with Gasteiger partial charge in [0.1, 0.15) is 0 Å². The van der Waals surface area contributed by atoms with E-state index in [1.165, 1.54) is 75.6 Å². The predicted molar refractivity (Wildman–Crippen MR) is 258 cm³/mol. The Kier molecular flexibility index (Phi) is 8.13. The van der Waals surface area contributed by atoms with Crippen molar-refractivity contribution in [2.45, 2.75) is 25.7 Å². The quantitative estimate of drug-likeness (QED) is 0.174. The summed E-state index contributed by atoms with van der Waals surface area (Å²) in [5.74, 6) is 1.97. The van der Waals surface area contributed by atoms with Gasteiger partial charge in [-0.25, -0.2) is 15.0 Å². The van der Waals surface area contributed by atoms with Crippen LogP contribution in [0.4, 0.5) is 0 Å². The maximum absolute atomic E-state index is 5.33. The highest BCUT2D eigenvalue weighted by molar-refractivity contribution is 7.25. The summed E-state index contributed by atoms with van der Waals surface area (Å²) in [6, 6.07) is 59.4. The van der Waals surface area contributed by atoms with Crippen LogP contribution in [-0.4, -0.2) is 15.0 Å². The molecule has 0 saturated heterocycles. The zero-order valence-electron chi connectivity index (χ0n) is 33.9. The molecule has 0 N–H and O–H groups in total. The van der Waals surface area contributed by atoms with Crippen LogP contribution in [0.25, 0.3) is 111 Å². The lowest BCUT2D eigenvalue weighted by Gasteiger charge is -2.22. The van der Waals surface area contributed by atoms with Crippen LogP contribution < -0.4 is 0 Å². The molecular weight excluding hydrogens is 759 g/mol. The summed E-state index contributed by atoms with van der Waals surface area (Å²) in [5.41, 5.74) is 15.0. The van der Waals surface area contributed by atoms with Crippen molar-refractivity contribution in [3.63, 3.8) is 0 Å². The monoisotopic (exact) mass is 797 g/mol. The van der Waals surface area contributed by atoms with Gasteiger partial charge in [-0.05, 0) is 115 Å². The molecule has 2 aliphatic carbocycles. The SMILES string of the molecule is CC1(C)c2ccccc2-c2ccc(-c3nc(-c4ccc5cc(-c6ccc7sc8ccccc8c7c6)ccc5c4)nc(-c4ccc(-c5ccccc5)c5c4C=CCC=C5)n3)cc21. The van der Waals surface area contributed by atoms with Crippen LogP contribution >= 0.6 is 11.3 Å². The van der Waals surface area contributed by atoms with E-state index in [1.807, 2.05) is 11.3 Å². The summed E-state index contributed by atoms with van der Waals surface area (Å²) in [6.07, 6.45) is 9.81. The summed E-state index contributed by atoms with van der Waals surface area (Å²) >= 11 is 1.85. The topological polar surface area (TPSA) is 38.7 Å². The minimum atomic E-state index is -0.150. The van der Waals surface area contributed by atoms with E-state index >= 15 is 0 Å². The van der Waals surface area contributed by atoms with Crippen molar-refractivity contribution >= 4 is 54.4 Å². The van der Waals surface area contributed by atoms with Gasteiger partial charge < -0.3 is 0 Å². The van der Waals surface area contributed by atoms with E-state index in [4.69, 9.17) is 15.0 Å². The maximum atomic E-state index is 5.33. The first kappa shape index (κ1) is 35.7. The van der Waals surface area contributed by atoms with E-state index in [2.05, 4.69) is 202 Å². The second-order valence-electron chi connectivity index (χ2n) is 16.7. The first-order chi connectivity index (χ1) is 30.0. The van der Waals surface area contributed by atoms with Crippen LogP contribution in [0, 0.1) is 0 Å². The third-order valence-corrected chi connectivity index (χ3v) is 13.9. The van der Waals surface area contributed by atoms with Gasteiger partial charge >= 0.3 is 0 Å². The maximum Gasteiger partial charge on any atom is 0.164 e. The third kappa shape index (κ3) is 5.89. The molecule has 0 saturated carbocycles. The van der Waals surface area contributed by atoms with Crippen LogP contribution in [0.2, 0.25) is 0 Å². The molecule has 0 amide bonds. The van der Waals surface area contributed by atoms with E-state index in [0.717, 1.165) is 34.1 Å². The molecule has 8 aromatic carbocycles. The number of thiophene rings is 1. The van der Waals surface area contributed by atoms with Gasteiger partial charge in [0.15, 0.2) is 17.5 Å². The number of nitrogens with zero attached hydrogens (tertiary/aromatic N) is 3. The lowest BCUT2D eigenvalue weighted by atomic mass is 9.82. The van der Waals surface area contributed by atoms with Gasteiger partial charge in [0.05, 0.1) is 0 Å². The Morgan fingerprint density at radius 2 is 0.984 bits per heavy atom. The fourth-order valence-corrected chi connectivity index (χ4v) is 10.7. The molecule has 0 aliphatic heterocycles. The summed E-state index contributed by atoms with van der Waals surface area (Å²) in [4.78, 5) is 15.9. The molecule has 61 heavy (non-hydrogen) atoms. The molecule has 2 aliphatic rings. The second-order valence-corrected chi connectivity index (χ2v) is 17.8. The Morgan fingerprint density at radius 1 is 0.410 bits per heavy atom. The van der Waals surface area contributed by atoms with Crippen molar-refractivity contribution in [3.05, 3.63) is 198 Å². The van der Waals surface area contributed by atoms with Crippen LogP contribution in [0.1, 0.15) is 42.5 Å². The molecule has 0 atom stereocenters. The number of allylic oxidation sites excluding steroid dienone is 2. The lowest BCUT2D eigenvalue weighted by molar-refractivity contribution is 0.660. The van der Waals surface area contributed by atoms with Crippen LogP contribution in [-0.2, 0) is 5.41 Å². The van der Waals surface area contributed by atoms with Gasteiger partial charge in [-0.3, -0.25) is 0 Å². The average Bonchev–Trinajstić information content (AvgIpc) is 3.65. The zero-order chi connectivity index (χ0) is 40.7. The molecule has 2 heterocycles. The molecule has 2 aromatic heterocycles. The molecule has 0 fully saturated rings. The summed E-state index contributed by atoms with van der Waals surface area (Å²) in [7, 11) is 0. The molecule has 288 valence electrons. The van der Waals surface area contributed by atoms with E-state index < -0.39 is 0 Å². The minimum absolute atomic E-state index is 0.150. The Morgan fingerprint density at radius 3 is 1.82 bits per heavy atom. The van der Waals surface area contributed by atoms with Gasteiger partial charge in [0.2, 0.25) is 0 Å². The normalized spacial score (nSPS) is 13.7. The van der Waals surface area contributed by atoms with Gasteiger partial charge in [0.25, 0.3) is 0 Å². The van der Waals surface area contributed by atoms with Crippen molar-refractivity contribution in [2.24, 2.45) is 0 Å². The smallest absolute Gasteiger partial charge is 0.164 e. The Labute approximate surface area is 359 Å². The number of aromatic nitrogens is 3. The van der Waals surface area contributed by atoms with Gasteiger partial charge in [-0.15, -0.1) is 11.3 Å². The van der Waals surface area contributed by atoms with E-state index in [-0.39, 0.29) is 5.41 Å². The van der Waals surface area contributed by atoms with Crippen LogP contribution in [0.5, 0.6) is 0 Å². The molecule has 10 aromatic rings. The molecule has 4 heteroatoms. The zero-order valence-corrected chi connectivity index (χ0v) is 34.7. The number of rotatable bonds is 5. The summed E-state index contributed by atoms with van der Waals surface area (Å²) in [5, 5.41) is 4.93. The highest BCUT2D eigenvalue weighted by Crippen LogP contribution is 2.49. The Hall–Kier alpha value is -7.27. The van der Waals surface area contributed by atoms with E-state index in [0.29, 0.717) is 17.5 Å². The highest BCUT2D eigenvalue weighted by Gasteiger charge is 2.35. The Balaban J connectivity index is 1.00. The first-order valence-electron chi connectivity index (χ1n) is 21.0. The number of hydrogen-bond acceptors (Lipinski definition) is 4. The first-order valence-corrected chi connectivity index (χ1v) is 21.8. The van der Waals surface area contributed by atoms with Gasteiger partial charge in [-0.2, -0.15) is 0 Å². The minimum Gasteiger partial charge on any atom is -0.208 e. The number of hydrogen-bond donors (Lipinski definition) is 0. The van der Waals surface area contributed by atoms with Crippen molar-refractivity contribution in [2.75, 3.05) is 0 Å². The number of benzene rings is 8. The fraction of sp³-hybridized carbons (Fsp3) is 0.0702. The highest BCUT2D eigenvalue weighted by atomic mass is 32.1. The van der Waals surface area contributed by atoms with Crippen molar-refractivity contribution < 1.29 is 0 Å². The van der Waals surface area contributed by atoms with E-state index in [1.54, 1.807) is 0 Å². The van der Waals surface area contributed by atoms with Crippen LogP contribution in [0.3, 0.4) is 0 Å². The summed E-state index contributed by atoms with van der Waals surface area (Å²) in [6.45, 7) is 4.64.